The second-order valence-electron chi connectivity index (χ2n) is 5.41. The topological polar surface area (TPSA) is 69.6 Å². The molecule has 1 aromatic carbocycles. The normalized spacial score (nSPS) is 14.5. The van der Waals surface area contributed by atoms with Gasteiger partial charge in [-0.2, -0.15) is 0 Å². The maximum absolute atomic E-state index is 12.6. The van der Waals surface area contributed by atoms with Crippen LogP contribution in [-0.4, -0.2) is 29.2 Å². The van der Waals surface area contributed by atoms with Gasteiger partial charge in [0.2, 0.25) is 0 Å². The van der Waals surface area contributed by atoms with E-state index in [1.165, 1.54) is 0 Å². The van der Waals surface area contributed by atoms with Gasteiger partial charge in [0.15, 0.2) is 0 Å². The van der Waals surface area contributed by atoms with Crippen molar-refractivity contribution in [1.29, 1.82) is 0 Å². The number of nitrogens with one attached hydrogen (secondary N) is 1. The van der Waals surface area contributed by atoms with Crippen LogP contribution >= 0.6 is 0 Å². The number of carboxylic acids is 1. The Kier molecular flexibility index (Phi) is 4.50. The van der Waals surface area contributed by atoms with E-state index in [1.54, 1.807) is 18.7 Å². The zero-order chi connectivity index (χ0) is 15.5. The van der Waals surface area contributed by atoms with Gasteiger partial charge >= 0.3 is 12.0 Å². The van der Waals surface area contributed by atoms with Gasteiger partial charge in [-0.05, 0) is 37.3 Å². The van der Waals surface area contributed by atoms with Crippen molar-refractivity contribution < 1.29 is 14.7 Å². The summed E-state index contributed by atoms with van der Waals surface area (Å²) in [4.78, 5) is 25.7. The molecule has 0 saturated carbocycles. The fourth-order valence-electron chi connectivity index (χ4n) is 2.80. The first-order valence-electron chi connectivity index (χ1n) is 7.45. The molecule has 0 aromatic heterocycles. The second-order valence-corrected chi connectivity index (χ2v) is 5.41. The third-order valence-electron chi connectivity index (χ3n) is 4.32. The molecule has 0 saturated heterocycles. The average molecular weight is 290 g/mol. The number of hydrogen-bond acceptors (Lipinski definition) is 2. The predicted octanol–water partition coefficient (Wildman–Crippen LogP) is 2.79. The van der Waals surface area contributed by atoms with E-state index in [0.29, 0.717) is 19.4 Å². The maximum Gasteiger partial charge on any atom is 0.329 e. The molecule has 2 amide bonds. The summed E-state index contributed by atoms with van der Waals surface area (Å²) >= 11 is 0. The molecule has 1 aliphatic heterocycles. The van der Waals surface area contributed by atoms with Gasteiger partial charge in [-0.3, -0.25) is 4.90 Å². The van der Waals surface area contributed by atoms with Crippen LogP contribution in [0.5, 0.6) is 0 Å². The fourth-order valence-corrected chi connectivity index (χ4v) is 2.80. The van der Waals surface area contributed by atoms with Crippen molar-refractivity contribution >= 4 is 17.7 Å². The van der Waals surface area contributed by atoms with Crippen LogP contribution in [0, 0.1) is 0 Å². The number of fused-ring (bicyclic) bond motifs is 1. The van der Waals surface area contributed by atoms with Crippen LogP contribution in [-0.2, 0) is 11.2 Å². The number of carboxylic acid groups (broad SMARTS) is 1. The Labute approximate surface area is 125 Å². The minimum Gasteiger partial charge on any atom is -0.480 e. The molecule has 2 N–H and O–H groups in total. The zero-order valence-corrected chi connectivity index (χ0v) is 12.6. The Bertz CT molecular complexity index is 538. The molecular formula is C16H22N2O3. The smallest absolute Gasteiger partial charge is 0.329 e. The van der Waals surface area contributed by atoms with Crippen molar-refractivity contribution in [1.82, 2.24) is 5.32 Å². The van der Waals surface area contributed by atoms with E-state index in [1.807, 2.05) is 24.3 Å². The van der Waals surface area contributed by atoms with Crippen molar-refractivity contribution in [2.24, 2.45) is 0 Å². The van der Waals surface area contributed by atoms with Crippen LogP contribution in [0.4, 0.5) is 10.5 Å². The number of para-hydroxylation sites is 1. The van der Waals surface area contributed by atoms with E-state index in [0.717, 1.165) is 24.1 Å². The van der Waals surface area contributed by atoms with Crippen LogP contribution in [0.25, 0.3) is 0 Å². The molecule has 0 aliphatic carbocycles. The number of hydrogen-bond donors (Lipinski definition) is 2. The lowest BCUT2D eigenvalue weighted by Crippen LogP contribution is -2.58. The third kappa shape index (κ3) is 2.86. The van der Waals surface area contributed by atoms with Gasteiger partial charge < -0.3 is 10.4 Å². The Balaban J connectivity index is 2.24. The summed E-state index contributed by atoms with van der Waals surface area (Å²) in [6.07, 6.45) is 2.56. The van der Waals surface area contributed by atoms with E-state index in [2.05, 4.69) is 5.32 Å². The minimum atomic E-state index is -1.19. The molecule has 0 fully saturated rings. The predicted molar refractivity (Wildman–Crippen MR) is 81.6 cm³/mol. The molecule has 1 heterocycles. The van der Waals surface area contributed by atoms with Crippen molar-refractivity contribution in [3.63, 3.8) is 0 Å². The second kappa shape index (κ2) is 6.16. The quantitative estimate of drug-likeness (QED) is 0.896. The maximum atomic E-state index is 12.6. The number of urea groups is 1. The number of amides is 2. The van der Waals surface area contributed by atoms with Crippen molar-refractivity contribution in [3.8, 4) is 0 Å². The molecule has 1 aromatic rings. The van der Waals surface area contributed by atoms with Crippen LogP contribution in [0.2, 0.25) is 0 Å². The SMILES string of the molecule is CCC(CC)(NC(=O)N1CCCc2ccccc21)C(=O)O. The number of aryl methyl sites for hydroxylation is 1. The highest BCUT2D eigenvalue weighted by atomic mass is 16.4. The minimum absolute atomic E-state index is 0.326. The lowest BCUT2D eigenvalue weighted by atomic mass is 9.93. The number of benzene rings is 1. The number of carbonyl (C=O) groups is 2. The first-order chi connectivity index (χ1) is 10.0. The lowest BCUT2D eigenvalue weighted by Gasteiger charge is -2.34. The zero-order valence-electron chi connectivity index (χ0n) is 12.6. The summed E-state index contributed by atoms with van der Waals surface area (Å²) in [5.74, 6) is -0.980. The van der Waals surface area contributed by atoms with Gasteiger partial charge in [-0.1, -0.05) is 32.0 Å². The van der Waals surface area contributed by atoms with Gasteiger partial charge in [-0.25, -0.2) is 9.59 Å². The fraction of sp³-hybridized carbons (Fsp3) is 0.500. The van der Waals surface area contributed by atoms with Crippen molar-refractivity contribution in [3.05, 3.63) is 29.8 Å². The van der Waals surface area contributed by atoms with E-state index >= 15 is 0 Å². The van der Waals surface area contributed by atoms with Gasteiger partial charge in [-0.15, -0.1) is 0 Å². The Morgan fingerprint density at radius 3 is 2.57 bits per heavy atom. The number of aliphatic carboxylic acids is 1. The molecule has 114 valence electrons. The van der Waals surface area contributed by atoms with Crippen LogP contribution < -0.4 is 10.2 Å². The Morgan fingerprint density at radius 1 is 1.29 bits per heavy atom. The van der Waals surface area contributed by atoms with Crippen LogP contribution in [0.1, 0.15) is 38.7 Å². The molecule has 0 bridgehead atoms. The summed E-state index contributed by atoms with van der Waals surface area (Å²) in [5, 5.41) is 12.2. The highest BCUT2D eigenvalue weighted by Crippen LogP contribution is 2.27. The Morgan fingerprint density at radius 2 is 1.95 bits per heavy atom. The largest absolute Gasteiger partial charge is 0.480 e. The number of anilines is 1. The molecule has 5 heteroatoms. The molecule has 0 radical (unpaired) electrons. The summed E-state index contributed by atoms with van der Waals surface area (Å²) in [7, 11) is 0. The summed E-state index contributed by atoms with van der Waals surface area (Å²) in [5.41, 5.74) is 0.823. The molecule has 0 spiro atoms. The molecule has 5 nitrogen and oxygen atoms in total. The Hall–Kier alpha value is -2.04. The third-order valence-corrected chi connectivity index (χ3v) is 4.32. The molecular weight excluding hydrogens is 268 g/mol. The molecule has 0 unspecified atom stereocenters. The molecule has 0 atom stereocenters. The van der Waals surface area contributed by atoms with Gasteiger partial charge in [0.05, 0.1) is 0 Å². The number of carbonyl (C=O) groups excluding carboxylic acids is 1. The van der Waals surface area contributed by atoms with Crippen LogP contribution in [0.3, 0.4) is 0 Å². The lowest BCUT2D eigenvalue weighted by molar-refractivity contribution is -0.144. The molecule has 21 heavy (non-hydrogen) atoms. The molecule has 2 rings (SSSR count). The first-order valence-corrected chi connectivity index (χ1v) is 7.45. The van der Waals surface area contributed by atoms with Gasteiger partial charge in [0.25, 0.3) is 0 Å². The van der Waals surface area contributed by atoms with Gasteiger partial charge in [0, 0.05) is 12.2 Å². The van der Waals surface area contributed by atoms with Crippen molar-refractivity contribution in [2.45, 2.75) is 45.1 Å². The summed E-state index contributed by atoms with van der Waals surface area (Å²) in [6, 6.07) is 7.45. The first kappa shape index (κ1) is 15.4. The van der Waals surface area contributed by atoms with E-state index in [-0.39, 0.29) is 6.03 Å². The van der Waals surface area contributed by atoms with Gasteiger partial charge in [0.1, 0.15) is 5.54 Å². The van der Waals surface area contributed by atoms with E-state index in [4.69, 9.17) is 0 Å². The van der Waals surface area contributed by atoms with Crippen LogP contribution in [0.15, 0.2) is 24.3 Å². The standard InChI is InChI=1S/C16H22N2O3/c1-3-16(4-2,14(19)20)17-15(21)18-11-7-9-12-8-5-6-10-13(12)18/h5-6,8,10H,3-4,7,9,11H2,1-2H3,(H,17,21)(H,19,20). The highest BCUT2D eigenvalue weighted by Gasteiger charge is 2.38. The van der Waals surface area contributed by atoms with E-state index in [9.17, 15) is 14.7 Å². The summed E-state index contributed by atoms with van der Waals surface area (Å²) < 4.78 is 0. The highest BCUT2D eigenvalue weighted by molar-refractivity contribution is 5.96. The van der Waals surface area contributed by atoms with E-state index < -0.39 is 11.5 Å². The monoisotopic (exact) mass is 290 g/mol. The number of nitrogens with zero attached hydrogens (tertiary/aromatic N) is 1. The summed E-state index contributed by atoms with van der Waals surface area (Å²) in [6.45, 7) is 4.18. The average Bonchev–Trinajstić information content (AvgIpc) is 2.51. The van der Waals surface area contributed by atoms with Crippen molar-refractivity contribution in [2.75, 3.05) is 11.4 Å². The molecule has 1 aliphatic rings. The number of rotatable bonds is 4.